The van der Waals surface area contributed by atoms with E-state index in [4.69, 9.17) is 9.84 Å². The minimum absolute atomic E-state index is 0.105. The molecular weight excluding hydrogens is 224 g/mol. The fraction of sp³-hybridized carbons (Fsp3) is 0.625. The fourth-order valence-electron chi connectivity index (χ4n) is 1.94. The third-order valence-corrected chi connectivity index (χ3v) is 3.01. The lowest BCUT2D eigenvalue weighted by atomic mass is 9.86. The Kier molecular flexibility index (Phi) is 5.67. The van der Waals surface area contributed by atoms with Gasteiger partial charge in [0.2, 0.25) is 0 Å². The van der Waals surface area contributed by atoms with Crippen LogP contribution in [0.25, 0.3) is 0 Å². The molecular formula is C16H26O2. The van der Waals surface area contributed by atoms with Gasteiger partial charge in [-0.2, -0.15) is 0 Å². The second kappa shape index (κ2) is 6.79. The van der Waals surface area contributed by atoms with Gasteiger partial charge in [0.1, 0.15) is 5.75 Å². The van der Waals surface area contributed by atoms with Gasteiger partial charge < -0.3 is 9.84 Å². The molecule has 0 aliphatic carbocycles. The van der Waals surface area contributed by atoms with Crippen molar-refractivity contribution in [3.63, 3.8) is 0 Å². The highest BCUT2D eigenvalue weighted by atomic mass is 16.5. The molecule has 0 aliphatic heterocycles. The van der Waals surface area contributed by atoms with Crippen LogP contribution in [0.2, 0.25) is 0 Å². The summed E-state index contributed by atoms with van der Waals surface area (Å²) in [4.78, 5) is 0. The van der Waals surface area contributed by atoms with Crippen LogP contribution in [0.1, 0.15) is 51.2 Å². The van der Waals surface area contributed by atoms with E-state index in [0.717, 1.165) is 31.6 Å². The summed E-state index contributed by atoms with van der Waals surface area (Å²) >= 11 is 0. The summed E-state index contributed by atoms with van der Waals surface area (Å²) in [5, 5.41) is 8.73. The summed E-state index contributed by atoms with van der Waals surface area (Å²) in [7, 11) is 0. The Morgan fingerprint density at radius 3 is 2.44 bits per heavy atom. The van der Waals surface area contributed by atoms with Crippen LogP contribution >= 0.6 is 0 Å². The second-order valence-corrected chi connectivity index (χ2v) is 5.88. The van der Waals surface area contributed by atoms with E-state index in [9.17, 15) is 0 Å². The minimum atomic E-state index is 0.105. The van der Waals surface area contributed by atoms with Crippen LogP contribution in [0.5, 0.6) is 5.75 Å². The van der Waals surface area contributed by atoms with Gasteiger partial charge in [-0.15, -0.1) is 0 Å². The fourth-order valence-corrected chi connectivity index (χ4v) is 1.94. The monoisotopic (exact) mass is 250 g/mol. The molecule has 0 fully saturated rings. The first kappa shape index (κ1) is 15.0. The predicted molar refractivity (Wildman–Crippen MR) is 76.3 cm³/mol. The zero-order valence-corrected chi connectivity index (χ0v) is 12.1. The first-order chi connectivity index (χ1) is 8.45. The zero-order chi connectivity index (χ0) is 13.6. The Balaban J connectivity index is 2.65. The molecule has 0 unspecified atom stereocenters. The van der Waals surface area contributed by atoms with Crippen molar-refractivity contribution in [2.75, 3.05) is 13.2 Å². The summed E-state index contributed by atoms with van der Waals surface area (Å²) in [6.45, 7) is 9.71. The van der Waals surface area contributed by atoms with Crippen LogP contribution in [0.15, 0.2) is 18.2 Å². The van der Waals surface area contributed by atoms with Crippen LogP contribution in [0.3, 0.4) is 0 Å². The van der Waals surface area contributed by atoms with Crippen molar-refractivity contribution in [2.45, 2.75) is 52.4 Å². The van der Waals surface area contributed by atoms with Gasteiger partial charge in [-0.1, -0.05) is 32.9 Å². The zero-order valence-electron chi connectivity index (χ0n) is 12.1. The lowest BCUT2D eigenvalue weighted by molar-refractivity contribution is 0.264. The van der Waals surface area contributed by atoms with Crippen molar-refractivity contribution in [1.29, 1.82) is 0 Å². The Morgan fingerprint density at radius 1 is 1.11 bits per heavy atom. The summed E-state index contributed by atoms with van der Waals surface area (Å²) in [5.74, 6) is 1.01. The highest BCUT2D eigenvalue weighted by Gasteiger charge is 2.18. The van der Waals surface area contributed by atoms with Crippen LogP contribution in [0.4, 0.5) is 0 Å². The van der Waals surface area contributed by atoms with Gasteiger partial charge in [0.15, 0.2) is 0 Å². The number of benzene rings is 1. The molecule has 102 valence electrons. The standard InChI is InChI=1S/C16H26O2/c1-13-8-9-14(16(2,3)4)15(12-13)18-11-7-5-6-10-17/h8-9,12,17H,5-7,10-11H2,1-4H3. The molecule has 0 spiro atoms. The number of unbranched alkanes of at least 4 members (excludes halogenated alkanes) is 2. The molecule has 0 saturated heterocycles. The van der Waals surface area contributed by atoms with E-state index >= 15 is 0 Å². The van der Waals surface area contributed by atoms with E-state index in [-0.39, 0.29) is 12.0 Å². The maximum absolute atomic E-state index is 8.73. The maximum Gasteiger partial charge on any atom is 0.123 e. The van der Waals surface area contributed by atoms with E-state index < -0.39 is 0 Å². The Bertz CT molecular complexity index is 364. The molecule has 0 bridgehead atoms. The SMILES string of the molecule is Cc1ccc(C(C)(C)C)c(OCCCCCO)c1. The third kappa shape index (κ3) is 4.69. The molecule has 1 rings (SSSR count). The van der Waals surface area contributed by atoms with Crippen LogP contribution < -0.4 is 4.74 Å². The van der Waals surface area contributed by atoms with E-state index in [1.54, 1.807) is 0 Å². The van der Waals surface area contributed by atoms with Crippen molar-refractivity contribution in [3.8, 4) is 5.75 Å². The molecule has 0 amide bonds. The lowest BCUT2D eigenvalue weighted by Gasteiger charge is -2.23. The van der Waals surface area contributed by atoms with Gasteiger partial charge in [-0.25, -0.2) is 0 Å². The van der Waals surface area contributed by atoms with Crippen LogP contribution in [0, 0.1) is 6.92 Å². The number of aliphatic hydroxyl groups excluding tert-OH is 1. The molecule has 1 aromatic carbocycles. The molecule has 0 atom stereocenters. The number of ether oxygens (including phenoxy) is 1. The normalized spacial score (nSPS) is 11.6. The first-order valence-corrected chi connectivity index (χ1v) is 6.80. The molecule has 2 heteroatoms. The van der Waals surface area contributed by atoms with Gasteiger partial charge >= 0.3 is 0 Å². The van der Waals surface area contributed by atoms with Crippen LogP contribution in [-0.2, 0) is 5.41 Å². The van der Waals surface area contributed by atoms with Gasteiger partial charge in [0.25, 0.3) is 0 Å². The lowest BCUT2D eigenvalue weighted by Crippen LogP contribution is -2.14. The molecule has 18 heavy (non-hydrogen) atoms. The molecule has 0 saturated carbocycles. The van der Waals surface area contributed by atoms with Gasteiger partial charge in [0.05, 0.1) is 6.61 Å². The highest BCUT2D eigenvalue weighted by molar-refractivity contribution is 5.41. The molecule has 0 radical (unpaired) electrons. The molecule has 2 nitrogen and oxygen atoms in total. The maximum atomic E-state index is 8.73. The summed E-state index contributed by atoms with van der Waals surface area (Å²) in [6, 6.07) is 6.42. The quantitative estimate of drug-likeness (QED) is 0.777. The molecule has 1 aromatic rings. The van der Waals surface area contributed by atoms with E-state index in [1.165, 1.54) is 11.1 Å². The Hall–Kier alpha value is -1.02. The number of aryl methyl sites for hydroxylation is 1. The average molecular weight is 250 g/mol. The Morgan fingerprint density at radius 2 is 1.83 bits per heavy atom. The average Bonchev–Trinajstić information content (AvgIpc) is 2.27. The molecule has 1 N–H and O–H groups in total. The van der Waals surface area contributed by atoms with Gasteiger partial charge in [0, 0.05) is 6.61 Å². The molecule has 0 aromatic heterocycles. The minimum Gasteiger partial charge on any atom is -0.493 e. The summed E-state index contributed by atoms with van der Waals surface area (Å²) < 4.78 is 5.91. The van der Waals surface area contributed by atoms with Crippen molar-refractivity contribution in [3.05, 3.63) is 29.3 Å². The van der Waals surface area contributed by atoms with Gasteiger partial charge in [-0.05, 0) is 48.8 Å². The van der Waals surface area contributed by atoms with E-state index in [0.29, 0.717) is 0 Å². The smallest absolute Gasteiger partial charge is 0.123 e. The second-order valence-electron chi connectivity index (χ2n) is 5.88. The van der Waals surface area contributed by atoms with Gasteiger partial charge in [-0.3, -0.25) is 0 Å². The Labute approximate surface area is 111 Å². The molecule has 0 heterocycles. The van der Waals surface area contributed by atoms with Crippen molar-refractivity contribution in [1.82, 2.24) is 0 Å². The number of rotatable bonds is 6. The van der Waals surface area contributed by atoms with Crippen molar-refractivity contribution >= 4 is 0 Å². The predicted octanol–water partition coefficient (Wildman–Crippen LogP) is 3.83. The summed E-state index contributed by atoms with van der Waals surface area (Å²) in [5.41, 5.74) is 2.59. The third-order valence-electron chi connectivity index (χ3n) is 3.01. The summed E-state index contributed by atoms with van der Waals surface area (Å²) in [6.07, 6.45) is 2.88. The topological polar surface area (TPSA) is 29.5 Å². The van der Waals surface area contributed by atoms with Crippen LogP contribution in [-0.4, -0.2) is 18.3 Å². The number of hydrogen-bond acceptors (Lipinski definition) is 2. The number of hydrogen-bond donors (Lipinski definition) is 1. The van der Waals surface area contributed by atoms with Crippen molar-refractivity contribution in [2.24, 2.45) is 0 Å². The highest BCUT2D eigenvalue weighted by Crippen LogP contribution is 2.32. The number of aliphatic hydroxyl groups is 1. The molecule has 0 aliphatic rings. The van der Waals surface area contributed by atoms with Crippen molar-refractivity contribution < 1.29 is 9.84 Å². The first-order valence-electron chi connectivity index (χ1n) is 6.80. The van der Waals surface area contributed by atoms with E-state index in [1.807, 2.05) is 0 Å². The largest absolute Gasteiger partial charge is 0.493 e. The van der Waals surface area contributed by atoms with E-state index in [2.05, 4.69) is 45.9 Å².